The predicted molar refractivity (Wildman–Crippen MR) is 69.5 cm³/mol. The van der Waals surface area contributed by atoms with E-state index in [2.05, 4.69) is 16.6 Å². The highest BCUT2D eigenvalue weighted by Gasteiger charge is 2.23. The zero-order chi connectivity index (χ0) is 11.7. The van der Waals surface area contributed by atoms with Crippen LogP contribution >= 0.6 is 11.3 Å². The van der Waals surface area contributed by atoms with E-state index in [1.54, 1.807) is 17.4 Å². The Kier molecular flexibility index (Phi) is 2.57. The van der Waals surface area contributed by atoms with Crippen LogP contribution in [0.1, 0.15) is 22.9 Å². The largest absolute Gasteiger partial charge is 0.508 e. The summed E-state index contributed by atoms with van der Waals surface area (Å²) in [6.07, 6.45) is 0.818. The molecule has 0 spiro atoms. The summed E-state index contributed by atoms with van der Waals surface area (Å²) in [5, 5.41) is 16.2. The van der Waals surface area contributed by atoms with E-state index in [1.165, 1.54) is 4.88 Å². The first-order chi connectivity index (χ1) is 8.34. The Balaban J connectivity index is 1.81. The molecule has 86 valence electrons. The van der Waals surface area contributed by atoms with Crippen molar-refractivity contribution in [1.29, 1.82) is 0 Å². The molecule has 1 aromatic heterocycles. The number of thiophene rings is 1. The van der Waals surface area contributed by atoms with Gasteiger partial charge < -0.3 is 10.5 Å². The summed E-state index contributed by atoms with van der Waals surface area (Å²) in [4.78, 5) is 1.19. The summed E-state index contributed by atoms with van der Waals surface area (Å²) < 4.78 is 0. The third kappa shape index (κ3) is 1.91. The Morgan fingerprint density at radius 3 is 2.88 bits per heavy atom. The molecule has 0 amide bonds. The Morgan fingerprint density at radius 2 is 2.12 bits per heavy atom. The molecule has 3 rings (SSSR count). The van der Waals surface area contributed by atoms with Crippen molar-refractivity contribution in [2.45, 2.75) is 12.5 Å². The number of rotatable bonds is 2. The van der Waals surface area contributed by atoms with Gasteiger partial charge in [-0.15, -0.1) is 11.3 Å². The minimum Gasteiger partial charge on any atom is -0.508 e. The highest BCUT2D eigenvalue weighted by Crippen LogP contribution is 2.30. The van der Waals surface area contributed by atoms with Gasteiger partial charge in [0.1, 0.15) is 5.75 Å². The maximum atomic E-state index is 9.80. The SMILES string of the molecule is Oc1ccccc1C1CC(c2cccs2)=NN1. The number of nitrogens with one attached hydrogen (secondary N) is 1. The topological polar surface area (TPSA) is 44.6 Å². The van der Waals surface area contributed by atoms with Crippen molar-refractivity contribution in [3.63, 3.8) is 0 Å². The highest BCUT2D eigenvalue weighted by molar-refractivity contribution is 7.12. The van der Waals surface area contributed by atoms with Crippen LogP contribution in [-0.2, 0) is 0 Å². The van der Waals surface area contributed by atoms with E-state index in [4.69, 9.17) is 0 Å². The van der Waals surface area contributed by atoms with Crippen LogP contribution in [0.15, 0.2) is 46.9 Å². The summed E-state index contributed by atoms with van der Waals surface area (Å²) in [5.74, 6) is 0.327. The molecular formula is C13H12N2OS. The van der Waals surface area contributed by atoms with Gasteiger partial charge >= 0.3 is 0 Å². The molecule has 17 heavy (non-hydrogen) atoms. The molecule has 1 aliphatic rings. The molecule has 0 saturated carbocycles. The van der Waals surface area contributed by atoms with Crippen LogP contribution < -0.4 is 5.43 Å². The lowest BCUT2D eigenvalue weighted by Crippen LogP contribution is -2.09. The molecule has 2 aromatic rings. The molecule has 1 unspecified atom stereocenters. The second-order valence-electron chi connectivity index (χ2n) is 3.98. The summed E-state index contributed by atoms with van der Waals surface area (Å²) in [6.45, 7) is 0. The molecular weight excluding hydrogens is 232 g/mol. The molecule has 3 nitrogen and oxygen atoms in total. The van der Waals surface area contributed by atoms with E-state index >= 15 is 0 Å². The number of aromatic hydroxyl groups is 1. The molecule has 1 aromatic carbocycles. The fraction of sp³-hybridized carbons (Fsp3) is 0.154. The second-order valence-corrected chi connectivity index (χ2v) is 4.93. The smallest absolute Gasteiger partial charge is 0.120 e. The summed E-state index contributed by atoms with van der Waals surface area (Å²) in [6, 6.07) is 11.6. The van der Waals surface area contributed by atoms with Gasteiger partial charge in [0.05, 0.1) is 16.6 Å². The van der Waals surface area contributed by atoms with Crippen LogP contribution in [0.3, 0.4) is 0 Å². The lowest BCUT2D eigenvalue weighted by Gasteiger charge is -2.11. The van der Waals surface area contributed by atoms with Crippen LogP contribution in [0.25, 0.3) is 0 Å². The maximum Gasteiger partial charge on any atom is 0.120 e. The quantitative estimate of drug-likeness (QED) is 0.853. The first-order valence-corrected chi connectivity index (χ1v) is 6.36. The number of nitrogens with zero attached hydrogens (tertiary/aromatic N) is 1. The molecule has 0 aliphatic carbocycles. The summed E-state index contributed by atoms with van der Waals surface area (Å²) in [5.41, 5.74) is 5.06. The number of hydrazone groups is 1. The molecule has 1 atom stereocenters. The van der Waals surface area contributed by atoms with Gasteiger partial charge in [-0.25, -0.2) is 0 Å². The minimum atomic E-state index is 0.0771. The van der Waals surface area contributed by atoms with E-state index < -0.39 is 0 Å². The lowest BCUT2D eigenvalue weighted by atomic mass is 10.0. The van der Waals surface area contributed by atoms with Gasteiger partial charge in [-0.05, 0) is 17.5 Å². The van der Waals surface area contributed by atoms with Crippen molar-refractivity contribution in [1.82, 2.24) is 5.43 Å². The zero-order valence-electron chi connectivity index (χ0n) is 9.13. The van der Waals surface area contributed by atoms with Crippen molar-refractivity contribution in [3.8, 4) is 5.75 Å². The number of benzene rings is 1. The molecule has 4 heteroatoms. The van der Waals surface area contributed by atoms with Gasteiger partial charge in [-0.3, -0.25) is 0 Å². The normalized spacial score (nSPS) is 18.8. The average Bonchev–Trinajstić information content (AvgIpc) is 3.00. The van der Waals surface area contributed by atoms with Gasteiger partial charge in [0.15, 0.2) is 0 Å². The van der Waals surface area contributed by atoms with Gasteiger partial charge in [-0.1, -0.05) is 24.3 Å². The molecule has 0 fully saturated rings. The number of phenols is 1. The third-order valence-electron chi connectivity index (χ3n) is 2.87. The van der Waals surface area contributed by atoms with Crippen LogP contribution in [0.5, 0.6) is 5.75 Å². The zero-order valence-corrected chi connectivity index (χ0v) is 9.95. The van der Waals surface area contributed by atoms with Gasteiger partial charge in [0.25, 0.3) is 0 Å². The fourth-order valence-electron chi connectivity index (χ4n) is 2.00. The Labute approximate surface area is 103 Å². The first kappa shape index (κ1) is 10.4. The van der Waals surface area contributed by atoms with E-state index in [9.17, 15) is 5.11 Å². The second kappa shape index (κ2) is 4.22. The minimum absolute atomic E-state index is 0.0771. The van der Waals surface area contributed by atoms with Crippen molar-refractivity contribution >= 4 is 17.0 Å². The van der Waals surface area contributed by atoms with Crippen LogP contribution in [0.4, 0.5) is 0 Å². The van der Waals surface area contributed by atoms with Crippen molar-refractivity contribution in [2.75, 3.05) is 0 Å². The van der Waals surface area contributed by atoms with Crippen LogP contribution in [0, 0.1) is 0 Å². The van der Waals surface area contributed by atoms with Gasteiger partial charge in [0, 0.05) is 12.0 Å². The molecule has 0 bridgehead atoms. The van der Waals surface area contributed by atoms with Crippen LogP contribution in [0.2, 0.25) is 0 Å². The van der Waals surface area contributed by atoms with E-state index in [-0.39, 0.29) is 6.04 Å². The monoisotopic (exact) mass is 244 g/mol. The molecule has 2 N–H and O–H groups in total. The number of hydrogen-bond acceptors (Lipinski definition) is 4. The fourth-order valence-corrected chi connectivity index (χ4v) is 2.73. The maximum absolute atomic E-state index is 9.80. The number of phenolic OH excluding ortho intramolecular Hbond substituents is 1. The molecule has 1 aliphatic heterocycles. The average molecular weight is 244 g/mol. The van der Waals surface area contributed by atoms with Crippen molar-refractivity contribution in [2.24, 2.45) is 5.10 Å². The molecule has 2 heterocycles. The van der Waals surface area contributed by atoms with Gasteiger partial charge in [0.2, 0.25) is 0 Å². The molecule has 0 saturated heterocycles. The van der Waals surface area contributed by atoms with Crippen molar-refractivity contribution < 1.29 is 5.11 Å². The highest BCUT2D eigenvalue weighted by atomic mass is 32.1. The molecule has 0 radical (unpaired) electrons. The van der Waals surface area contributed by atoms with Gasteiger partial charge in [-0.2, -0.15) is 5.10 Å². The lowest BCUT2D eigenvalue weighted by molar-refractivity contribution is 0.455. The third-order valence-corrected chi connectivity index (χ3v) is 3.79. The Hall–Kier alpha value is -1.81. The number of para-hydroxylation sites is 1. The summed E-state index contributed by atoms with van der Waals surface area (Å²) in [7, 11) is 0. The Morgan fingerprint density at radius 1 is 1.24 bits per heavy atom. The predicted octanol–water partition coefficient (Wildman–Crippen LogP) is 2.89. The Bertz CT molecular complexity index is 548. The first-order valence-electron chi connectivity index (χ1n) is 5.48. The number of hydrogen-bond donors (Lipinski definition) is 2. The standard InChI is InChI=1S/C13H12N2OS/c16-12-5-2-1-4-9(12)10-8-11(15-14-10)13-6-3-7-17-13/h1-7,10,14,16H,8H2. The van der Waals surface area contributed by atoms with E-state index in [0.29, 0.717) is 5.75 Å². The summed E-state index contributed by atoms with van der Waals surface area (Å²) >= 11 is 1.69. The van der Waals surface area contributed by atoms with E-state index in [0.717, 1.165) is 17.7 Å². The van der Waals surface area contributed by atoms with Crippen LogP contribution in [-0.4, -0.2) is 10.8 Å². The van der Waals surface area contributed by atoms with E-state index in [1.807, 2.05) is 29.6 Å². The van der Waals surface area contributed by atoms with Crippen molar-refractivity contribution in [3.05, 3.63) is 52.2 Å².